The lowest BCUT2D eigenvalue weighted by Gasteiger charge is -2.23. The van der Waals surface area contributed by atoms with Gasteiger partial charge in [0.1, 0.15) is 11.4 Å². The van der Waals surface area contributed by atoms with Gasteiger partial charge >= 0.3 is 0 Å². The number of nitrogens with zero attached hydrogens (tertiary/aromatic N) is 2. The highest BCUT2D eigenvalue weighted by Gasteiger charge is 2.27. The van der Waals surface area contributed by atoms with Crippen molar-refractivity contribution in [2.75, 3.05) is 6.61 Å². The van der Waals surface area contributed by atoms with Gasteiger partial charge in [-0.2, -0.15) is 0 Å². The minimum Gasteiger partial charge on any atom is -0.376 e. The van der Waals surface area contributed by atoms with Crippen LogP contribution in [-0.4, -0.2) is 33.2 Å². The van der Waals surface area contributed by atoms with Crippen molar-refractivity contribution < 1.29 is 9.53 Å². The van der Waals surface area contributed by atoms with E-state index in [0.717, 1.165) is 42.6 Å². The summed E-state index contributed by atoms with van der Waals surface area (Å²) in [6.07, 6.45) is 2.82. The molecule has 1 unspecified atom stereocenters. The minimum absolute atomic E-state index is 0.0217. The predicted molar refractivity (Wildman–Crippen MR) is 125 cm³/mol. The fraction of sp³-hybridized carbons (Fsp3) is 0.480. The van der Waals surface area contributed by atoms with Gasteiger partial charge in [0.05, 0.1) is 29.7 Å². The number of aromatic amines is 1. The first-order valence-corrected chi connectivity index (χ1v) is 11.5. The number of H-pyrrole nitrogens is 1. The third-order valence-electron chi connectivity index (χ3n) is 6.54. The van der Waals surface area contributed by atoms with Gasteiger partial charge in [0.15, 0.2) is 0 Å². The Hall–Kier alpha value is -2.93. The molecular formula is C25H32N4O3. The molecule has 32 heavy (non-hydrogen) atoms. The summed E-state index contributed by atoms with van der Waals surface area (Å²) in [6, 6.07) is 9.38. The summed E-state index contributed by atoms with van der Waals surface area (Å²) in [6.45, 7) is 9.09. The molecule has 4 rings (SSSR count). The van der Waals surface area contributed by atoms with Crippen LogP contribution in [0.4, 0.5) is 0 Å². The van der Waals surface area contributed by atoms with Gasteiger partial charge in [0, 0.05) is 12.3 Å². The van der Waals surface area contributed by atoms with Gasteiger partial charge < -0.3 is 19.6 Å². The van der Waals surface area contributed by atoms with E-state index in [0.29, 0.717) is 17.9 Å². The molecule has 1 fully saturated rings. The van der Waals surface area contributed by atoms with Gasteiger partial charge in [-0.25, -0.2) is 4.98 Å². The van der Waals surface area contributed by atoms with Crippen molar-refractivity contribution in [2.45, 2.75) is 65.6 Å². The molecule has 0 aliphatic carbocycles. The van der Waals surface area contributed by atoms with Crippen LogP contribution in [0.5, 0.6) is 0 Å². The first kappa shape index (κ1) is 22.3. The lowest BCUT2D eigenvalue weighted by Crippen LogP contribution is -2.39. The highest BCUT2D eigenvalue weighted by Crippen LogP contribution is 2.25. The van der Waals surface area contributed by atoms with E-state index in [9.17, 15) is 9.59 Å². The smallest absolute Gasteiger partial charge is 0.263 e. The summed E-state index contributed by atoms with van der Waals surface area (Å²) in [4.78, 5) is 34.8. The Morgan fingerprint density at radius 1 is 1.34 bits per heavy atom. The molecular weight excluding hydrogens is 404 g/mol. The standard InChI is InChI=1S/C25H32N4O3/c1-5-15(2)22(23-26-19-10-6-7-11-20(19)27-23)28-24(30)21-16(3)13-17(4)29(25(21)31)14-18-9-8-12-32-18/h6-7,10-11,13,15,18,22H,5,8-9,12,14H2,1-4H3,(H,26,27)(H,28,30)/t15-,18?,22-/m0/s1. The number of carbonyl (C=O) groups excluding carboxylic acids is 1. The number of pyridine rings is 1. The number of hydrogen-bond donors (Lipinski definition) is 2. The first-order valence-electron chi connectivity index (χ1n) is 11.5. The molecule has 2 aromatic heterocycles. The molecule has 1 aliphatic rings. The second-order valence-corrected chi connectivity index (χ2v) is 8.87. The third kappa shape index (κ3) is 4.35. The Balaban J connectivity index is 1.66. The fourth-order valence-corrected chi connectivity index (χ4v) is 4.47. The van der Waals surface area contributed by atoms with Crippen LogP contribution in [0.25, 0.3) is 11.0 Å². The molecule has 7 heteroatoms. The molecule has 170 valence electrons. The minimum atomic E-state index is -0.362. The number of carbonyl (C=O) groups is 1. The summed E-state index contributed by atoms with van der Waals surface area (Å²) in [5, 5.41) is 3.11. The molecule has 0 saturated carbocycles. The predicted octanol–water partition coefficient (Wildman–Crippen LogP) is 4.04. The number of rotatable bonds is 7. The van der Waals surface area contributed by atoms with Gasteiger partial charge in [-0.05, 0) is 56.4 Å². The van der Waals surface area contributed by atoms with Crippen molar-refractivity contribution in [3.63, 3.8) is 0 Å². The van der Waals surface area contributed by atoms with Crippen LogP contribution in [0.1, 0.15) is 66.6 Å². The Bertz CT molecular complexity index is 1140. The van der Waals surface area contributed by atoms with Gasteiger partial charge in [-0.1, -0.05) is 32.4 Å². The molecule has 3 aromatic rings. The molecule has 0 spiro atoms. The average Bonchev–Trinajstić information content (AvgIpc) is 3.43. The number of aryl methyl sites for hydroxylation is 2. The first-order chi connectivity index (χ1) is 15.4. The number of nitrogens with one attached hydrogen (secondary N) is 2. The second kappa shape index (κ2) is 9.28. The second-order valence-electron chi connectivity index (χ2n) is 8.87. The summed E-state index contributed by atoms with van der Waals surface area (Å²) in [7, 11) is 0. The number of fused-ring (bicyclic) bond motifs is 1. The SMILES string of the molecule is CC[C@H](C)[C@H](NC(=O)c1c(C)cc(C)n(CC2CCCO2)c1=O)c1nc2ccccc2[nH]1. The molecule has 1 aliphatic heterocycles. The lowest BCUT2D eigenvalue weighted by atomic mass is 9.97. The van der Waals surface area contributed by atoms with Gasteiger partial charge in [0.2, 0.25) is 0 Å². The van der Waals surface area contributed by atoms with Gasteiger partial charge in [-0.3, -0.25) is 9.59 Å². The van der Waals surface area contributed by atoms with E-state index >= 15 is 0 Å². The highest BCUT2D eigenvalue weighted by atomic mass is 16.5. The number of aromatic nitrogens is 3. The van der Waals surface area contributed by atoms with Crippen molar-refractivity contribution in [1.82, 2.24) is 19.9 Å². The van der Waals surface area contributed by atoms with Crippen LogP contribution in [-0.2, 0) is 11.3 Å². The maximum Gasteiger partial charge on any atom is 0.263 e. The van der Waals surface area contributed by atoms with E-state index in [1.54, 1.807) is 4.57 Å². The Kier molecular flexibility index (Phi) is 6.46. The van der Waals surface area contributed by atoms with Gasteiger partial charge in [0.25, 0.3) is 11.5 Å². The van der Waals surface area contributed by atoms with Crippen LogP contribution in [0.15, 0.2) is 35.1 Å². The van der Waals surface area contributed by atoms with Crippen LogP contribution in [0, 0.1) is 19.8 Å². The lowest BCUT2D eigenvalue weighted by molar-refractivity contribution is 0.0904. The van der Waals surface area contributed by atoms with Crippen molar-refractivity contribution in [3.8, 4) is 0 Å². The summed E-state index contributed by atoms with van der Waals surface area (Å²) >= 11 is 0. The molecule has 3 atom stereocenters. The van der Waals surface area contributed by atoms with E-state index in [2.05, 4.69) is 24.1 Å². The maximum absolute atomic E-state index is 13.4. The molecule has 2 N–H and O–H groups in total. The number of ether oxygens (including phenoxy) is 1. The summed E-state index contributed by atoms with van der Waals surface area (Å²) in [5.41, 5.74) is 3.24. The molecule has 1 aromatic carbocycles. The van der Waals surface area contributed by atoms with Crippen LogP contribution < -0.4 is 10.9 Å². The molecule has 0 bridgehead atoms. The Labute approximate surface area is 188 Å². The topological polar surface area (TPSA) is 89.0 Å². The molecule has 1 saturated heterocycles. The number of para-hydroxylation sites is 2. The summed E-state index contributed by atoms with van der Waals surface area (Å²) in [5.74, 6) is 0.483. The zero-order valence-electron chi connectivity index (χ0n) is 19.3. The van der Waals surface area contributed by atoms with Crippen molar-refractivity contribution >= 4 is 16.9 Å². The average molecular weight is 437 g/mol. The zero-order chi connectivity index (χ0) is 22.8. The van der Waals surface area contributed by atoms with Crippen LogP contribution in [0.3, 0.4) is 0 Å². The van der Waals surface area contributed by atoms with Gasteiger partial charge in [-0.15, -0.1) is 0 Å². The normalized spacial score (nSPS) is 18.1. The van der Waals surface area contributed by atoms with E-state index in [-0.39, 0.29) is 35.1 Å². The third-order valence-corrected chi connectivity index (χ3v) is 6.54. The van der Waals surface area contributed by atoms with E-state index in [4.69, 9.17) is 9.72 Å². The van der Waals surface area contributed by atoms with E-state index in [1.165, 1.54) is 0 Å². The quantitative estimate of drug-likeness (QED) is 0.585. The van der Waals surface area contributed by atoms with E-state index in [1.807, 2.05) is 44.2 Å². The summed E-state index contributed by atoms with van der Waals surface area (Å²) < 4.78 is 7.40. The number of amides is 1. The largest absolute Gasteiger partial charge is 0.376 e. The Morgan fingerprint density at radius 3 is 2.81 bits per heavy atom. The molecule has 0 radical (unpaired) electrons. The molecule has 3 heterocycles. The number of benzene rings is 1. The molecule has 1 amide bonds. The fourth-order valence-electron chi connectivity index (χ4n) is 4.47. The highest BCUT2D eigenvalue weighted by molar-refractivity contribution is 5.95. The van der Waals surface area contributed by atoms with Crippen molar-refractivity contribution in [3.05, 3.63) is 63.3 Å². The zero-order valence-corrected chi connectivity index (χ0v) is 19.3. The Morgan fingerprint density at radius 2 is 2.12 bits per heavy atom. The van der Waals surface area contributed by atoms with Crippen LogP contribution >= 0.6 is 0 Å². The molecule has 7 nitrogen and oxygen atoms in total. The number of imidazole rings is 1. The van der Waals surface area contributed by atoms with E-state index < -0.39 is 0 Å². The monoisotopic (exact) mass is 436 g/mol. The number of hydrogen-bond acceptors (Lipinski definition) is 4. The van der Waals surface area contributed by atoms with Crippen molar-refractivity contribution in [1.29, 1.82) is 0 Å². The maximum atomic E-state index is 13.4. The van der Waals surface area contributed by atoms with Crippen molar-refractivity contribution in [2.24, 2.45) is 5.92 Å². The van der Waals surface area contributed by atoms with Crippen LogP contribution in [0.2, 0.25) is 0 Å².